The van der Waals surface area contributed by atoms with Gasteiger partial charge in [-0.2, -0.15) is 0 Å². The van der Waals surface area contributed by atoms with E-state index in [9.17, 15) is 4.79 Å². The second kappa shape index (κ2) is 7.77. The number of alkyl carbamates (subject to hydrolysis) is 1. The molecule has 0 spiro atoms. The highest BCUT2D eigenvalue weighted by molar-refractivity contribution is 5.85. The van der Waals surface area contributed by atoms with E-state index in [0.29, 0.717) is 19.0 Å². The average molecular weight is 239 g/mol. The van der Waals surface area contributed by atoms with E-state index >= 15 is 0 Å². The number of hydrogen-bond donors (Lipinski definition) is 2. The van der Waals surface area contributed by atoms with Crippen LogP contribution in [0.1, 0.15) is 34.1 Å². The number of amides is 1. The number of carbonyl (C=O) groups is 1. The van der Waals surface area contributed by atoms with Crippen molar-refractivity contribution >= 4 is 18.5 Å². The Bertz CT molecular complexity index is 181. The van der Waals surface area contributed by atoms with E-state index in [2.05, 4.69) is 5.32 Å². The Labute approximate surface area is 98.3 Å². The van der Waals surface area contributed by atoms with Crippen molar-refractivity contribution < 1.29 is 9.53 Å². The number of ether oxygens (including phenoxy) is 1. The fourth-order valence-electron chi connectivity index (χ4n) is 0.958. The third-order valence-corrected chi connectivity index (χ3v) is 1.65. The molecule has 0 aliphatic heterocycles. The number of rotatable bonds is 4. The lowest BCUT2D eigenvalue weighted by atomic mass is 10.1. The summed E-state index contributed by atoms with van der Waals surface area (Å²) in [6.07, 6.45) is 0.553. The van der Waals surface area contributed by atoms with Crippen molar-refractivity contribution in [1.29, 1.82) is 0 Å². The van der Waals surface area contributed by atoms with Gasteiger partial charge in [0.2, 0.25) is 0 Å². The first kappa shape index (κ1) is 16.9. The highest BCUT2D eigenvalue weighted by Crippen LogP contribution is 2.06. The van der Waals surface area contributed by atoms with E-state index < -0.39 is 5.60 Å². The second-order valence-corrected chi connectivity index (χ2v) is 4.57. The van der Waals surface area contributed by atoms with Crippen molar-refractivity contribution in [3.63, 3.8) is 0 Å². The van der Waals surface area contributed by atoms with Gasteiger partial charge in [-0.25, -0.2) is 4.79 Å². The molecule has 0 aromatic rings. The zero-order chi connectivity index (χ0) is 11.2. The van der Waals surface area contributed by atoms with E-state index in [4.69, 9.17) is 10.5 Å². The van der Waals surface area contributed by atoms with Gasteiger partial charge in [0.25, 0.3) is 0 Å². The van der Waals surface area contributed by atoms with E-state index in [1.165, 1.54) is 0 Å². The molecule has 5 heteroatoms. The molecule has 92 valence electrons. The maximum atomic E-state index is 11.2. The Balaban J connectivity index is 0. The van der Waals surface area contributed by atoms with Gasteiger partial charge in [0.15, 0.2) is 0 Å². The molecule has 3 N–H and O–H groups in total. The van der Waals surface area contributed by atoms with E-state index in [1.54, 1.807) is 0 Å². The average Bonchev–Trinajstić information content (AvgIpc) is 1.98. The molecule has 0 radical (unpaired) electrons. The molecule has 0 saturated heterocycles. The highest BCUT2D eigenvalue weighted by atomic mass is 35.5. The van der Waals surface area contributed by atoms with Gasteiger partial charge in [0.05, 0.1) is 0 Å². The summed E-state index contributed by atoms with van der Waals surface area (Å²) in [7, 11) is 0. The van der Waals surface area contributed by atoms with Crippen LogP contribution in [-0.2, 0) is 4.74 Å². The topological polar surface area (TPSA) is 64.3 Å². The van der Waals surface area contributed by atoms with Gasteiger partial charge in [0, 0.05) is 6.54 Å². The normalized spacial score (nSPS) is 12.6. The second-order valence-electron chi connectivity index (χ2n) is 4.57. The molecule has 0 fully saturated rings. The summed E-state index contributed by atoms with van der Waals surface area (Å²) in [4.78, 5) is 11.2. The van der Waals surface area contributed by atoms with E-state index in [0.717, 1.165) is 6.42 Å². The lowest BCUT2D eigenvalue weighted by molar-refractivity contribution is 0.0520. The fourth-order valence-corrected chi connectivity index (χ4v) is 0.958. The third kappa shape index (κ3) is 11.4. The van der Waals surface area contributed by atoms with Gasteiger partial charge in [-0.15, -0.1) is 12.4 Å². The van der Waals surface area contributed by atoms with Crippen LogP contribution in [0.15, 0.2) is 0 Å². The predicted octanol–water partition coefficient (Wildman–Crippen LogP) is 1.92. The van der Waals surface area contributed by atoms with Gasteiger partial charge < -0.3 is 15.8 Å². The Morgan fingerprint density at radius 2 is 2.00 bits per heavy atom. The van der Waals surface area contributed by atoms with Crippen molar-refractivity contribution in [1.82, 2.24) is 5.32 Å². The van der Waals surface area contributed by atoms with Crippen LogP contribution in [0.5, 0.6) is 0 Å². The molecule has 0 aromatic carbocycles. The van der Waals surface area contributed by atoms with Crippen LogP contribution in [-0.4, -0.2) is 24.8 Å². The number of carbonyl (C=O) groups excluding carboxylic acids is 1. The maximum Gasteiger partial charge on any atom is 0.407 e. The van der Waals surface area contributed by atoms with Crippen LogP contribution in [0.25, 0.3) is 0 Å². The minimum absolute atomic E-state index is 0. The first-order valence-corrected chi connectivity index (χ1v) is 5.02. The standard InChI is InChI=1S/C10H22N2O2.ClH/c1-8(5-6-11)7-12-9(13)14-10(2,3)4;/h8H,5-7,11H2,1-4H3,(H,12,13);1H/t8-;/m1./s1. The van der Waals surface area contributed by atoms with Gasteiger partial charge in [-0.1, -0.05) is 6.92 Å². The van der Waals surface area contributed by atoms with Crippen LogP contribution >= 0.6 is 12.4 Å². The molecule has 0 saturated carbocycles. The van der Waals surface area contributed by atoms with Crippen molar-refractivity contribution in [2.24, 2.45) is 11.7 Å². The van der Waals surface area contributed by atoms with Gasteiger partial charge in [-0.05, 0) is 39.7 Å². The maximum absolute atomic E-state index is 11.2. The van der Waals surface area contributed by atoms with Crippen LogP contribution in [0.3, 0.4) is 0 Å². The summed E-state index contributed by atoms with van der Waals surface area (Å²) < 4.78 is 5.08. The molecular formula is C10H23ClN2O2. The summed E-state index contributed by atoms with van der Waals surface area (Å²) >= 11 is 0. The summed E-state index contributed by atoms with van der Waals surface area (Å²) in [5.41, 5.74) is 4.96. The SMILES string of the molecule is C[C@H](CCN)CNC(=O)OC(C)(C)C.Cl. The van der Waals surface area contributed by atoms with Gasteiger partial charge in [-0.3, -0.25) is 0 Å². The van der Waals surface area contributed by atoms with Gasteiger partial charge >= 0.3 is 6.09 Å². The number of hydrogen-bond acceptors (Lipinski definition) is 3. The lowest BCUT2D eigenvalue weighted by Crippen LogP contribution is -2.35. The lowest BCUT2D eigenvalue weighted by Gasteiger charge is -2.20. The molecule has 0 unspecified atom stereocenters. The smallest absolute Gasteiger partial charge is 0.407 e. The van der Waals surface area contributed by atoms with Gasteiger partial charge in [0.1, 0.15) is 5.60 Å². The summed E-state index contributed by atoms with van der Waals surface area (Å²) in [6.45, 7) is 8.84. The van der Waals surface area contributed by atoms with Crippen molar-refractivity contribution in [2.45, 2.75) is 39.7 Å². The largest absolute Gasteiger partial charge is 0.444 e. The molecule has 1 amide bonds. The molecule has 0 heterocycles. The van der Waals surface area contributed by atoms with Crippen molar-refractivity contribution in [3.8, 4) is 0 Å². The summed E-state index contributed by atoms with van der Waals surface area (Å²) in [5.74, 6) is 0.396. The first-order chi connectivity index (χ1) is 6.35. The zero-order valence-electron chi connectivity index (χ0n) is 10.0. The molecule has 0 aliphatic rings. The molecule has 4 nitrogen and oxygen atoms in total. The van der Waals surface area contributed by atoms with Crippen LogP contribution < -0.4 is 11.1 Å². The van der Waals surface area contributed by atoms with Crippen molar-refractivity contribution in [2.75, 3.05) is 13.1 Å². The van der Waals surface area contributed by atoms with Crippen LogP contribution in [0, 0.1) is 5.92 Å². The van der Waals surface area contributed by atoms with Crippen molar-refractivity contribution in [3.05, 3.63) is 0 Å². The Morgan fingerprint density at radius 1 is 1.47 bits per heavy atom. The van der Waals surface area contributed by atoms with E-state index in [-0.39, 0.29) is 18.5 Å². The molecule has 0 bridgehead atoms. The van der Waals surface area contributed by atoms with Crippen LogP contribution in [0.4, 0.5) is 4.79 Å². The van der Waals surface area contributed by atoms with E-state index in [1.807, 2.05) is 27.7 Å². The minimum Gasteiger partial charge on any atom is -0.444 e. The molecule has 0 aliphatic carbocycles. The monoisotopic (exact) mass is 238 g/mol. The Kier molecular flexibility index (Phi) is 8.77. The molecule has 0 aromatic heterocycles. The summed E-state index contributed by atoms with van der Waals surface area (Å²) in [6, 6.07) is 0. The fraction of sp³-hybridized carbons (Fsp3) is 0.900. The number of nitrogens with one attached hydrogen (secondary N) is 1. The Hall–Kier alpha value is -0.480. The quantitative estimate of drug-likeness (QED) is 0.787. The summed E-state index contributed by atoms with van der Waals surface area (Å²) in [5, 5.41) is 2.71. The highest BCUT2D eigenvalue weighted by Gasteiger charge is 2.16. The first-order valence-electron chi connectivity index (χ1n) is 5.02. The molecule has 15 heavy (non-hydrogen) atoms. The molecule has 0 rings (SSSR count). The third-order valence-electron chi connectivity index (χ3n) is 1.65. The minimum atomic E-state index is -0.429. The Morgan fingerprint density at radius 3 is 2.40 bits per heavy atom. The van der Waals surface area contributed by atoms with Crippen LogP contribution in [0.2, 0.25) is 0 Å². The molecular weight excluding hydrogens is 216 g/mol. The number of halogens is 1. The number of nitrogens with two attached hydrogens (primary N) is 1. The molecule has 1 atom stereocenters. The zero-order valence-corrected chi connectivity index (χ0v) is 10.8. The predicted molar refractivity (Wildman–Crippen MR) is 64.3 cm³/mol.